The summed E-state index contributed by atoms with van der Waals surface area (Å²) >= 11 is 0. The molecule has 9 nitrogen and oxygen atoms in total. The number of hydrogen-bond donors (Lipinski definition) is 2. The third-order valence-electron chi connectivity index (χ3n) is 7.11. The molecule has 1 heterocycles. The minimum absolute atomic E-state index is 0.0605. The van der Waals surface area contributed by atoms with E-state index in [1.807, 2.05) is 46.8 Å². The standard InChI is InChI=1S/C30H40FN5O4/c1-29(2,3)24-17-25(20-9-11-23(31)12-10-20)34-36(26(24)32)14-8-7-13-35(18-30(4,5)33-19-37)27(38)21-15-22(16-21)28(39)40-6/h8-12,14,17,19,21-22,32H,7,13,15-16,18H2,1-6H3,(H,33,37)/b14-8+,32-26?. The average Bonchev–Trinajstić information content (AvgIpc) is 2.85. The van der Waals surface area contributed by atoms with Gasteiger partial charge in [-0.2, -0.15) is 5.10 Å². The number of carbonyl (C=O) groups excluding carboxylic acids is 3. The number of benzene rings is 1. The number of methoxy groups -OCH3 is 1. The predicted octanol–water partition coefficient (Wildman–Crippen LogP) is 3.88. The van der Waals surface area contributed by atoms with Crippen molar-refractivity contribution in [2.24, 2.45) is 11.8 Å². The fourth-order valence-electron chi connectivity index (χ4n) is 4.76. The molecular weight excluding hydrogens is 513 g/mol. The van der Waals surface area contributed by atoms with Gasteiger partial charge in [0.2, 0.25) is 12.3 Å². The van der Waals surface area contributed by atoms with Crippen molar-refractivity contribution < 1.29 is 23.5 Å². The number of nitrogens with one attached hydrogen (secondary N) is 2. The summed E-state index contributed by atoms with van der Waals surface area (Å²) < 4.78 is 19.8. The van der Waals surface area contributed by atoms with E-state index < -0.39 is 5.54 Å². The van der Waals surface area contributed by atoms with Gasteiger partial charge in [-0.15, -0.1) is 0 Å². The quantitative estimate of drug-likeness (QED) is 0.324. The molecule has 2 N–H and O–H groups in total. The maximum atomic E-state index is 13.5. The zero-order valence-electron chi connectivity index (χ0n) is 24.2. The Morgan fingerprint density at radius 2 is 1.82 bits per heavy atom. The molecule has 1 aliphatic rings. The summed E-state index contributed by atoms with van der Waals surface area (Å²) in [5.41, 5.74) is 1.42. The maximum absolute atomic E-state index is 13.5. The summed E-state index contributed by atoms with van der Waals surface area (Å²) in [6.07, 6.45) is 5.57. The monoisotopic (exact) mass is 553 g/mol. The van der Waals surface area contributed by atoms with Crippen LogP contribution < -0.4 is 10.8 Å². The molecule has 216 valence electrons. The smallest absolute Gasteiger partial charge is 0.308 e. The Balaban J connectivity index is 1.81. The van der Waals surface area contributed by atoms with Gasteiger partial charge in [0.25, 0.3) is 0 Å². The van der Waals surface area contributed by atoms with Crippen LogP contribution in [0.5, 0.6) is 0 Å². The third-order valence-corrected chi connectivity index (χ3v) is 7.11. The minimum Gasteiger partial charge on any atom is -0.469 e. The van der Waals surface area contributed by atoms with Crippen molar-refractivity contribution in [1.82, 2.24) is 20.0 Å². The van der Waals surface area contributed by atoms with Gasteiger partial charge in [0.1, 0.15) is 11.3 Å². The number of amides is 2. The Kier molecular flexibility index (Phi) is 9.65. The molecule has 1 aromatic carbocycles. The second kappa shape index (κ2) is 12.6. The molecule has 3 rings (SSSR count). The molecule has 10 heteroatoms. The molecule has 1 fully saturated rings. The Hall–Kier alpha value is -3.82. The van der Waals surface area contributed by atoms with Gasteiger partial charge in [-0.05, 0) is 68.9 Å². The van der Waals surface area contributed by atoms with Crippen LogP contribution in [0.15, 0.2) is 36.4 Å². The van der Waals surface area contributed by atoms with Gasteiger partial charge in [-0.3, -0.25) is 19.8 Å². The lowest BCUT2D eigenvalue weighted by Crippen LogP contribution is -2.53. The minimum atomic E-state index is -0.637. The van der Waals surface area contributed by atoms with Gasteiger partial charge in [-0.25, -0.2) is 9.07 Å². The van der Waals surface area contributed by atoms with Crippen molar-refractivity contribution in [2.75, 3.05) is 20.2 Å². The number of esters is 1. The first-order valence-corrected chi connectivity index (χ1v) is 13.4. The van der Waals surface area contributed by atoms with Gasteiger partial charge >= 0.3 is 5.97 Å². The molecule has 0 spiro atoms. The van der Waals surface area contributed by atoms with Crippen LogP contribution in [0.2, 0.25) is 0 Å². The van der Waals surface area contributed by atoms with Gasteiger partial charge in [0.15, 0.2) is 0 Å². The average molecular weight is 554 g/mol. The second-order valence-electron chi connectivity index (χ2n) is 12.0. The number of halogens is 1. The Morgan fingerprint density at radius 1 is 1.18 bits per heavy atom. The molecule has 0 saturated heterocycles. The molecule has 0 unspecified atom stereocenters. The molecule has 1 aliphatic carbocycles. The van der Waals surface area contributed by atoms with Crippen LogP contribution in [0.3, 0.4) is 0 Å². The molecule has 0 radical (unpaired) electrons. The number of carbonyl (C=O) groups is 3. The van der Waals surface area contributed by atoms with Crippen LogP contribution in [0, 0.1) is 23.1 Å². The molecule has 1 aromatic heterocycles. The normalized spacial score (nSPS) is 17.3. The van der Waals surface area contributed by atoms with E-state index in [9.17, 15) is 18.8 Å². The summed E-state index contributed by atoms with van der Waals surface area (Å²) in [5, 5.41) is 16.1. The molecule has 2 aromatic rings. The first kappa shape index (κ1) is 30.7. The number of nitrogens with zero attached hydrogens (tertiary/aromatic N) is 3. The Labute approximate surface area is 234 Å². The van der Waals surface area contributed by atoms with Crippen molar-refractivity contribution >= 4 is 24.5 Å². The summed E-state index contributed by atoms with van der Waals surface area (Å²) in [6.45, 7) is 10.4. The first-order chi connectivity index (χ1) is 18.8. The summed E-state index contributed by atoms with van der Waals surface area (Å²) in [4.78, 5) is 37.9. The van der Waals surface area contributed by atoms with E-state index in [4.69, 9.17) is 10.1 Å². The van der Waals surface area contributed by atoms with Gasteiger partial charge in [-0.1, -0.05) is 26.8 Å². The third kappa shape index (κ3) is 7.64. The van der Waals surface area contributed by atoms with Crippen molar-refractivity contribution in [3.05, 3.63) is 53.3 Å². The Bertz CT molecular complexity index is 1300. The lowest BCUT2D eigenvalue weighted by molar-refractivity contribution is -0.154. The van der Waals surface area contributed by atoms with E-state index in [0.29, 0.717) is 44.5 Å². The van der Waals surface area contributed by atoms with Gasteiger partial charge in [0, 0.05) is 36.3 Å². The lowest BCUT2D eigenvalue weighted by Gasteiger charge is -2.39. The fraction of sp³-hybridized carbons (Fsp3) is 0.500. The summed E-state index contributed by atoms with van der Waals surface area (Å²) in [7, 11) is 1.35. The predicted molar refractivity (Wildman–Crippen MR) is 150 cm³/mol. The van der Waals surface area contributed by atoms with Crippen LogP contribution in [-0.2, 0) is 24.5 Å². The van der Waals surface area contributed by atoms with Crippen LogP contribution in [0.4, 0.5) is 4.39 Å². The van der Waals surface area contributed by atoms with E-state index in [2.05, 4.69) is 10.4 Å². The number of aromatic nitrogens is 2. The van der Waals surface area contributed by atoms with E-state index in [1.165, 1.54) is 23.9 Å². The zero-order valence-corrected chi connectivity index (χ0v) is 24.2. The molecule has 40 heavy (non-hydrogen) atoms. The highest BCUT2D eigenvalue weighted by Crippen LogP contribution is 2.36. The SMILES string of the molecule is COC(=O)C1CC(C(=O)N(CC/C=C/n2nc(-c3ccc(F)cc3)cc(C(C)(C)C)c2=N)CC(C)(C)NC=O)C1. The van der Waals surface area contributed by atoms with E-state index in [1.54, 1.807) is 23.2 Å². The van der Waals surface area contributed by atoms with Gasteiger partial charge in [0.05, 0.1) is 24.3 Å². The van der Waals surface area contributed by atoms with Crippen molar-refractivity contribution in [1.29, 1.82) is 5.41 Å². The highest BCUT2D eigenvalue weighted by Gasteiger charge is 2.41. The molecule has 2 amide bonds. The zero-order chi connectivity index (χ0) is 29.7. The second-order valence-corrected chi connectivity index (χ2v) is 12.0. The van der Waals surface area contributed by atoms with Crippen LogP contribution in [0.1, 0.15) is 59.4 Å². The molecule has 1 saturated carbocycles. The maximum Gasteiger partial charge on any atom is 0.308 e. The fourth-order valence-corrected chi connectivity index (χ4v) is 4.76. The van der Waals surface area contributed by atoms with Crippen LogP contribution in [-0.4, -0.2) is 58.7 Å². The molecule has 0 aliphatic heterocycles. The van der Waals surface area contributed by atoms with E-state index in [-0.39, 0.29) is 40.4 Å². The number of ether oxygens (including phenoxy) is 1. The lowest BCUT2D eigenvalue weighted by atomic mass is 9.74. The van der Waals surface area contributed by atoms with E-state index >= 15 is 0 Å². The molecular formula is C30H40FN5O4. The number of hydrogen-bond acceptors (Lipinski definition) is 6. The van der Waals surface area contributed by atoms with Crippen LogP contribution in [0.25, 0.3) is 17.5 Å². The van der Waals surface area contributed by atoms with E-state index in [0.717, 1.165) is 11.1 Å². The topological polar surface area (TPSA) is 117 Å². The number of rotatable bonds is 11. The molecule has 0 bridgehead atoms. The highest BCUT2D eigenvalue weighted by atomic mass is 19.1. The van der Waals surface area contributed by atoms with Crippen molar-refractivity contribution in [2.45, 2.75) is 64.8 Å². The highest BCUT2D eigenvalue weighted by molar-refractivity contribution is 5.83. The largest absolute Gasteiger partial charge is 0.469 e. The molecule has 0 atom stereocenters. The van der Waals surface area contributed by atoms with Crippen molar-refractivity contribution in [3.63, 3.8) is 0 Å². The van der Waals surface area contributed by atoms with Gasteiger partial charge < -0.3 is 15.0 Å². The summed E-state index contributed by atoms with van der Waals surface area (Å²) in [6, 6.07) is 7.94. The van der Waals surface area contributed by atoms with Crippen molar-refractivity contribution in [3.8, 4) is 11.3 Å². The van der Waals surface area contributed by atoms with Crippen LogP contribution >= 0.6 is 0 Å². The Morgan fingerprint density at radius 3 is 2.40 bits per heavy atom. The summed E-state index contributed by atoms with van der Waals surface area (Å²) in [5.74, 6) is -1.22. The first-order valence-electron chi connectivity index (χ1n) is 13.4.